The largest absolute Gasteiger partial charge is 0.378 e. The summed E-state index contributed by atoms with van der Waals surface area (Å²) in [6, 6.07) is 4.33. The molecule has 0 fully saturated rings. The molecule has 0 unspecified atom stereocenters. The van der Waals surface area contributed by atoms with Gasteiger partial charge in [0.2, 0.25) is 0 Å². The first kappa shape index (κ1) is 23.8. The Bertz CT molecular complexity index is 572. The van der Waals surface area contributed by atoms with Gasteiger partial charge in [-0.05, 0) is 37.0 Å². The molecule has 150 valence electrons. The molecule has 0 aliphatic carbocycles. The number of hydrogen-bond donors (Lipinski definition) is 0. The van der Waals surface area contributed by atoms with Gasteiger partial charge >= 0.3 is 0 Å². The van der Waals surface area contributed by atoms with Gasteiger partial charge in [0.15, 0.2) is 18.9 Å². The Morgan fingerprint density at radius 2 is 1.78 bits per heavy atom. The number of aryl methyl sites for hydroxylation is 1. The topological polar surface area (TPSA) is 34.7 Å². The minimum absolute atomic E-state index is 0.524. The van der Waals surface area contributed by atoms with Gasteiger partial charge in [0.1, 0.15) is 6.61 Å². The van der Waals surface area contributed by atoms with Gasteiger partial charge in [-0.15, -0.1) is 23.2 Å². The summed E-state index contributed by atoms with van der Waals surface area (Å²) < 4.78 is 12.8. The van der Waals surface area contributed by atoms with E-state index in [1.54, 1.807) is 0 Å². The molecule has 0 aliphatic heterocycles. The molecule has 0 amide bonds. The number of pyridine rings is 1. The number of rotatable bonds is 15. The fourth-order valence-electron chi connectivity index (χ4n) is 2.35. The summed E-state index contributed by atoms with van der Waals surface area (Å²) in [5, 5.41) is 0. The third kappa shape index (κ3) is 12.7. The first-order valence-electron chi connectivity index (χ1n) is 9.37. The van der Waals surface area contributed by atoms with Crippen molar-refractivity contribution in [3.05, 3.63) is 53.9 Å². The maximum atomic E-state index is 5.59. The van der Waals surface area contributed by atoms with E-state index in [0.29, 0.717) is 44.7 Å². The Morgan fingerprint density at radius 3 is 2.44 bits per heavy atom. The molecule has 27 heavy (non-hydrogen) atoms. The number of aliphatic imine (C=N–C) groups is 1. The van der Waals surface area contributed by atoms with Gasteiger partial charge in [-0.2, -0.15) is 0 Å². The van der Waals surface area contributed by atoms with Crippen LogP contribution in [0.2, 0.25) is 0 Å². The molecular formula is C21H31Cl2N2O2+. The molecule has 0 saturated carbocycles. The molecule has 1 heterocycles. The molecule has 0 N–H and O–H groups in total. The molecule has 0 atom stereocenters. The Kier molecular flexibility index (Phi) is 15.0. The highest BCUT2D eigenvalue weighted by Crippen LogP contribution is 2.09. The van der Waals surface area contributed by atoms with Crippen LogP contribution < -0.4 is 4.57 Å². The third-order valence-electron chi connectivity index (χ3n) is 3.74. The van der Waals surface area contributed by atoms with E-state index in [1.165, 1.54) is 11.1 Å². The van der Waals surface area contributed by atoms with Gasteiger partial charge in [0.05, 0.1) is 26.4 Å². The van der Waals surface area contributed by atoms with E-state index in [4.69, 9.17) is 32.7 Å². The highest BCUT2D eigenvalue weighted by molar-refractivity contribution is 6.18. The Balaban J connectivity index is 2.40. The van der Waals surface area contributed by atoms with E-state index in [9.17, 15) is 0 Å². The van der Waals surface area contributed by atoms with E-state index in [1.807, 2.05) is 13.1 Å². The molecular weight excluding hydrogens is 383 g/mol. The second-order valence-electron chi connectivity index (χ2n) is 5.84. The van der Waals surface area contributed by atoms with E-state index in [-0.39, 0.29) is 0 Å². The maximum Gasteiger partial charge on any atom is 0.171 e. The van der Waals surface area contributed by atoms with Crippen LogP contribution in [0.15, 0.2) is 53.3 Å². The number of hydrogen-bond acceptors (Lipinski definition) is 3. The second-order valence-corrected chi connectivity index (χ2v) is 6.60. The van der Waals surface area contributed by atoms with Crippen LogP contribution in [-0.4, -0.2) is 50.9 Å². The SMILES string of the molecule is C/C=C\C(=C/C=NCCOCCCl)CCc1cc[n+](CCOCCCl)cc1. The quantitative estimate of drug-likeness (QED) is 0.143. The average Bonchev–Trinajstić information content (AvgIpc) is 2.69. The lowest BCUT2D eigenvalue weighted by molar-refractivity contribution is -0.698. The predicted molar refractivity (Wildman–Crippen MR) is 114 cm³/mol. The molecule has 0 radical (unpaired) electrons. The Hall–Kier alpha value is -1.20. The van der Waals surface area contributed by atoms with Crippen LogP contribution in [0.4, 0.5) is 0 Å². The molecule has 0 aromatic carbocycles. The Labute approximate surface area is 173 Å². The zero-order chi connectivity index (χ0) is 19.6. The highest BCUT2D eigenvalue weighted by atomic mass is 35.5. The number of allylic oxidation sites excluding steroid dienone is 4. The minimum atomic E-state index is 0.524. The fraction of sp³-hybridized carbons (Fsp3) is 0.524. The van der Waals surface area contributed by atoms with E-state index in [2.05, 4.69) is 52.3 Å². The summed E-state index contributed by atoms with van der Waals surface area (Å²) in [6.45, 7) is 5.99. The molecule has 6 heteroatoms. The summed E-state index contributed by atoms with van der Waals surface area (Å²) in [5.74, 6) is 1.06. The van der Waals surface area contributed by atoms with Gasteiger partial charge in [-0.25, -0.2) is 4.57 Å². The number of nitrogens with zero attached hydrogens (tertiary/aromatic N) is 2. The number of alkyl halides is 2. The summed E-state index contributed by atoms with van der Waals surface area (Å²) in [7, 11) is 0. The molecule has 0 bridgehead atoms. The van der Waals surface area contributed by atoms with Gasteiger partial charge in [0.25, 0.3) is 0 Å². The first-order valence-corrected chi connectivity index (χ1v) is 10.4. The van der Waals surface area contributed by atoms with E-state index in [0.717, 1.165) is 19.4 Å². The van der Waals surface area contributed by atoms with Crippen molar-refractivity contribution in [2.75, 3.05) is 44.7 Å². The van der Waals surface area contributed by atoms with Crippen LogP contribution in [0.5, 0.6) is 0 Å². The van der Waals surface area contributed by atoms with Crippen molar-refractivity contribution >= 4 is 29.4 Å². The molecule has 4 nitrogen and oxygen atoms in total. The van der Waals surface area contributed by atoms with Crippen molar-refractivity contribution in [2.45, 2.75) is 26.3 Å². The van der Waals surface area contributed by atoms with Crippen LogP contribution in [-0.2, 0) is 22.4 Å². The summed E-state index contributed by atoms with van der Waals surface area (Å²) in [5.41, 5.74) is 2.57. The second kappa shape index (κ2) is 16.9. The van der Waals surface area contributed by atoms with Crippen LogP contribution >= 0.6 is 23.2 Å². The highest BCUT2D eigenvalue weighted by Gasteiger charge is 2.02. The lowest BCUT2D eigenvalue weighted by Gasteiger charge is -2.03. The van der Waals surface area contributed by atoms with Crippen molar-refractivity contribution in [3.8, 4) is 0 Å². The van der Waals surface area contributed by atoms with Crippen LogP contribution in [0.1, 0.15) is 18.9 Å². The number of aromatic nitrogens is 1. The van der Waals surface area contributed by atoms with E-state index < -0.39 is 0 Å². The van der Waals surface area contributed by atoms with E-state index >= 15 is 0 Å². The molecule has 1 rings (SSSR count). The number of halogens is 2. The van der Waals surface area contributed by atoms with Crippen molar-refractivity contribution in [1.29, 1.82) is 0 Å². The van der Waals surface area contributed by atoms with Gasteiger partial charge in [-0.1, -0.05) is 12.2 Å². The molecule has 0 saturated heterocycles. The van der Waals surface area contributed by atoms with Gasteiger partial charge in [0, 0.05) is 30.1 Å². The first-order chi connectivity index (χ1) is 13.3. The predicted octanol–water partition coefficient (Wildman–Crippen LogP) is 3.99. The van der Waals surface area contributed by atoms with Crippen LogP contribution in [0, 0.1) is 0 Å². The van der Waals surface area contributed by atoms with Crippen molar-refractivity contribution < 1.29 is 14.0 Å². The zero-order valence-electron chi connectivity index (χ0n) is 16.2. The van der Waals surface area contributed by atoms with Crippen LogP contribution in [0.25, 0.3) is 0 Å². The molecule has 1 aromatic rings. The lowest BCUT2D eigenvalue weighted by Crippen LogP contribution is -2.35. The summed E-state index contributed by atoms with van der Waals surface area (Å²) in [4.78, 5) is 4.35. The summed E-state index contributed by atoms with van der Waals surface area (Å²) >= 11 is 11.1. The number of ether oxygens (including phenoxy) is 2. The lowest BCUT2D eigenvalue weighted by atomic mass is 10.0. The maximum absolute atomic E-state index is 5.59. The minimum Gasteiger partial charge on any atom is -0.378 e. The van der Waals surface area contributed by atoms with Crippen molar-refractivity contribution in [1.82, 2.24) is 0 Å². The molecule has 0 spiro atoms. The van der Waals surface area contributed by atoms with Crippen LogP contribution in [0.3, 0.4) is 0 Å². The average molecular weight is 414 g/mol. The fourth-order valence-corrected chi connectivity index (χ4v) is 2.57. The van der Waals surface area contributed by atoms with Gasteiger partial charge in [-0.3, -0.25) is 4.99 Å². The van der Waals surface area contributed by atoms with Crippen molar-refractivity contribution in [2.24, 2.45) is 4.99 Å². The molecule has 1 aromatic heterocycles. The molecule has 0 aliphatic rings. The standard InChI is InChI=1S/C21H31Cl2N2O2/c1-2-3-20(6-11-24-12-18-26-16-9-22)4-5-21-7-13-25(14-8-21)15-19-27-17-10-23/h2-3,6-8,11,13-14H,4-5,9-10,12,15-19H2,1H3/q+1/b3-2-,20-6+,24-11?. The smallest absolute Gasteiger partial charge is 0.171 e. The Morgan fingerprint density at radius 1 is 1.07 bits per heavy atom. The van der Waals surface area contributed by atoms with Crippen molar-refractivity contribution in [3.63, 3.8) is 0 Å². The van der Waals surface area contributed by atoms with Gasteiger partial charge < -0.3 is 9.47 Å². The monoisotopic (exact) mass is 413 g/mol. The normalized spacial score (nSPS) is 12.5. The summed E-state index contributed by atoms with van der Waals surface area (Å²) in [6.07, 6.45) is 14.3. The zero-order valence-corrected chi connectivity index (χ0v) is 17.7. The third-order valence-corrected chi connectivity index (χ3v) is 4.05.